The van der Waals surface area contributed by atoms with Gasteiger partial charge in [-0.25, -0.2) is 13.8 Å². The minimum Gasteiger partial charge on any atom is -0.271 e. The SMILES string of the molecule is CCc1ccc(N(CC(=O)N/N=C(/C)c2ccc([N+](=O)[O-])cc2)S(C)(=O)=O)cc1. The molecule has 154 valence electrons. The number of nitro groups is 1. The number of hydrogen-bond donors (Lipinski definition) is 1. The number of amides is 1. The molecule has 0 radical (unpaired) electrons. The Morgan fingerprint density at radius 2 is 1.72 bits per heavy atom. The Morgan fingerprint density at radius 3 is 2.21 bits per heavy atom. The number of anilines is 1. The second kappa shape index (κ2) is 9.28. The van der Waals surface area contributed by atoms with Gasteiger partial charge in [0.15, 0.2) is 0 Å². The molecule has 2 rings (SSSR count). The summed E-state index contributed by atoms with van der Waals surface area (Å²) in [7, 11) is -3.68. The fraction of sp³-hybridized carbons (Fsp3) is 0.263. The van der Waals surface area contributed by atoms with Gasteiger partial charge in [-0.1, -0.05) is 19.1 Å². The van der Waals surface area contributed by atoms with Crippen LogP contribution in [0.5, 0.6) is 0 Å². The van der Waals surface area contributed by atoms with Gasteiger partial charge in [-0.05, 0) is 48.7 Å². The topological polar surface area (TPSA) is 122 Å². The second-order valence-corrected chi connectivity index (χ2v) is 8.23. The maximum Gasteiger partial charge on any atom is 0.269 e. The molecule has 2 aromatic carbocycles. The highest BCUT2D eigenvalue weighted by atomic mass is 32.2. The van der Waals surface area contributed by atoms with E-state index in [0.29, 0.717) is 17.0 Å². The van der Waals surface area contributed by atoms with Crippen LogP contribution in [0.4, 0.5) is 11.4 Å². The Labute approximate surface area is 169 Å². The minimum absolute atomic E-state index is 0.0523. The quantitative estimate of drug-likeness (QED) is 0.401. The van der Waals surface area contributed by atoms with Gasteiger partial charge in [0.2, 0.25) is 10.0 Å². The van der Waals surface area contributed by atoms with Crippen molar-refractivity contribution in [3.63, 3.8) is 0 Å². The lowest BCUT2D eigenvalue weighted by Gasteiger charge is -2.21. The predicted molar refractivity (Wildman–Crippen MR) is 111 cm³/mol. The monoisotopic (exact) mass is 418 g/mol. The molecule has 0 saturated carbocycles. The Morgan fingerprint density at radius 1 is 1.14 bits per heavy atom. The number of non-ortho nitro benzene ring substituents is 1. The van der Waals surface area contributed by atoms with E-state index < -0.39 is 27.4 Å². The second-order valence-electron chi connectivity index (χ2n) is 6.33. The lowest BCUT2D eigenvalue weighted by Crippen LogP contribution is -2.39. The number of nitro benzene ring substituents is 1. The summed E-state index contributed by atoms with van der Waals surface area (Å²) >= 11 is 0. The first-order valence-corrected chi connectivity index (χ1v) is 10.6. The van der Waals surface area contributed by atoms with E-state index in [1.807, 2.05) is 19.1 Å². The lowest BCUT2D eigenvalue weighted by atomic mass is 10.1. The average Bonchev–Trinajstić information content (AvgIpc) is 2.69. The van der Waals surface area contributed by atoms with Crippen molar-refractivity contribution in [3.8, 4) is 0 Å². The molecule has 0 aliphatic heterocycles. The summed E-state index contributed by atoms with van der Waals surface area (Å²) in [4.78, 5) is 22.5. The normalized spacial score (nSPS) is 11.8. The highest BCUT2D eigenvalue weighted by molar-refractivity contribution is 7.92. The number of aryl methyl sites for hydroxylation is 1. The largest absolute Gasteiger partial charge is 0.271 e. The summed E-state index contributed by atoms with van der Waals surface area (Å²) in [5.74, 6) is -0.615. The standard InChI is InChI=1S/C19H22N4O5S/c1-4-15-5-9-17(10-6-15)22(29(3,27)28)13-19(24)21-20-14(2)16-7-11-18(12-8-16)23(25)26/h5-12H,4,13H2,1-3H3,(H,21,24)/b20-14-. The van der Waals surface area contributed by atoms with Gasteiger partial charge in [-0.2, -0.15) is 5.10 Å². The number of carbonyl (C=O) groups is 1. The Kier molecular flexibility index (Phi) is 7.05. The van der Waals surface area contributed by atoms with E-state index in [-0.39, 0.29) is 5.69 Å². The summed E-state index contributed by atoms with van der Waals surface area (Å²) in [6.45, 7) is 3.18. The van der Waals surface area contributed by atoms with E-state index in [9.17, 15) is 23.3 Å². The molecule has 0 atom stereocenters. The van der Waals surface area contributed by atoms with E-state index in [1.165, 1.54) is 24.3 Å². The van der Waals surface area contributed by atoms with Crippen molar-refractivity contribution in [3.05, 3.63) is 69.8 Å². The zero-order valence-corrected chi connectivity index (χ0v) is 17.1. The maximum absolute atomic E-state index is 12.3. The Balaban J connectivity index is 2.11. The number of nitrogens with zero attached hydrogens (tertiary/aromatic N) is 3. The fourth-order valence-corrected chi connectivity index (χ4v) is 3.36. The molecule has 0 unspecified atom stereocenters. The van der Waals surface area contributed by atoms with Gasteiger partial charge < -0.3 is 0 Å². The summed E-state index contributed by atoms with van der Waals surface area (Å²) in [6, 6.07) is 12.6. The molecule has 10 heteroatoms. The predicted octanol–water partition coefficient (Wildman–Crippen LogP) is 2.46. The third kappa shape index (κ3) is 6.11. The third-order valence-corrected chi connectivity index (χ3v) is 5.30. The first-order valence-electron chi connectivity index (χ1n) is 8.76. The molecule has 0 saturated heterocycles. The molecule has 0 aromatic heterocycles. The third-order valence-electron chi connectivity index (χ3n) is 4.16. The van der Waals surface area contributed by atoms with Gasteiger partial charge in [-0.15, -0.1) is 0 Å². The smallest absolute Gasteiger partial charge is 0.269 e. The van der Waals surface area contributed by atoms with Gasteiger partial charge >= 0.3 is 0 Å². The van der Waals surface area contributed by atoms with E-state index in [0.717, 1.165) is 22.5 Å². The van der Waals surface area contributed by atoms with Crippen molar-refractivity contribution in [2.45, 2.75) is 20.3 Å². The van der Waals surface area contributed by atoms with Crippen LogP contribution in [-0.4, -0.2) is 37.8 Å². The number of nitrogens with one attached hydrogen (secondary N) is 1. The van der Waals surface area contributed by atoms with Crippen molar-refractivity contribution < 1.29 is 18.1 Å². The number of sulfonamides is 1. The first-order chi connectivity index (χ1) is 13.6. The molecule has 0 heterocycles. The minimum atomic E-state index is -3.68. The van der Waals surface area contributed by atoms with Crippen molar-refractivity contribution in [2.24, 2.45) is 5.10 Å². The van der Waals surface area contributed by atoms with Crippen LogP contribution in [-0.2, 0) is 21.2 Å². The molecule has 0 spiro atoms. The highest BCUT2D eigenvalue weighted by Crippen LogP contribution is 2.18. The number of benzene rings is 2. The van der Waals surface area contributed by atoms with Gasteiger partial charge in [0.05, 0.1) is 22.6 Å². The van der Waals surface area contributed by atoms with Crippen LogP contribution in [0.3, 0.4) is 0 Å². The molecule has 0 aliphatic carbocycles. The van der Waals surface area contributed by atoms with Crippen LogP contribution < -0.4 is 9.73 Å². The van der Waals surface area contributed by atoms with E-state index in [4.69, 9.17) is 0 Å². The van der Waals surface area contributed by atoms with Crippen LogP contribution >= 0.6 is 0 Å². The molecule has 9 nitrogen and oxygen atoms in total. The molecule has 2 aromatic rings. The molecule has 0 fully saturated rings. The van der Waals surface area contributed by atoms with Crippen molar-refractivity contribution >= 4 is 33.0 Å². The molecule has 1 amide bonds. The summed E-state index contributed by atoms with van der Waals surface area (Å²) in [6.07, 6.45) is 1.84. The van der Waals surface area contributed by atoms with E-state index in [1.54, 1.807) is 19.1 Å². The van der Waals surface area contributed by atoms with Gasteiger partial charge in [-0.3, -0.25) is 19.2 Å². The molecule has 0 aliphatic rings. The van der Waals surface area contributed by atoms with Crippen LogP contribution in [0, 0.1) is 10.1 Å². The Bertz CT molecular complexity index is 1020. The lowest BCUT2D eigenvalue weighted by molar-refractivity contribution is -0.384. The number of rotatable bonds is 8. The van der Waals surface area contributed by atoms with Crippen LogP contribution in [0.25, 0.3) is 0 Å². The molecular weight excluding hydrogens is 396 g/mol. The summed E-state index contributed by atoms with van der Waals surface area (Å²) in [5, 5.41) is 14.6. The molecule has 0 bridgehead atoms. The van der Waals surface area contributed by atoms with Crippen LogP contribution in [0.1, 0.15) is 25.0 Å². The average molecular weight is 418 g/mol. The maximum atomic E-state index is 12.3. The van der Waals surface area contributed by atoms with Crippen molar-refractivity contribution in [2.75, 3.05) is 17.1 Å². The van der Waals surface area contributed by atoms with Crippen molar-refractivity contribution in [1.29, 1.82) is 0 Å². The van der Waals surface area contributed by atoms with Crippen LogP contribution in [0.15, 0.2) is 53.6 Å². The number of carbonyl (C=O) groups excluding carboxylic acids is 1. The molecular formula is C19H22N4O5S. The molecule has 1 N–H and O–H groups in total. The van der Waals surface area contributed by atoms with Crippen molar-refractivity contribution in [1.82, 2.24) is 5.43 Å². The summed E-state index contributed by atoms with van der Waals surface area (Å²) < 4.78 is 25.2. The van der Waals surface area contributed by atoms with Gasteiger partial charge in [0, 0.05) is 12.1 Å². The van der Waals surface area contributed by atoms with Gasteiger partial charge in [0.25, 0.3) is 11.6 Å². The Hall–Kier alpha value is -3.27. The first kappa shape index (κ1) is 22.0. The highest BCUT2D eigenvalue weighted by Gasteiger charge is 2.20. The summed E-state index contributed by atoms with van der Waals surface area (Å²) in [5.41, 5.74) is 4.72. The number of hydrogen-bond acceptors (Lipinski definition) is 6. The van der Waals surface area contributed by atoms with Crippen LogP contribution in [0.2, 0.25) is 0 Å². The zero-order chi connectivity index (χ0) is 21.6. The number of hydrazone groups is 1. The van der Waals surface area contributed by atoms with E-state index in [2.05, 4.69) is 10.5 Å². The van der Waals surface area contributed by atoms with Gasteiger partial charge in [0.1, 0.15) is 6.54 Å². The molecule has 29 heavy (non-hydrogen) atoms. The zero-order valence-electron chi connectivity index (χ0n) is 16.3. The van der Waals surface area contributed by atoms with E-state index >= 15 is 0 Å². The fourth-order valence-electron chi connectivity index (χ4n) is 2.50.